The van der Waals surface area contributed by atoms with Crippen molar-refractivity contribution in [2.45, 2.75) is 0 Å². The molecule has 0 spiro atoms. The molecule has 0 radical (unpaired) electrons. The summed E-state index contributed by atoms with van der Waals surface area (Å²) in [5, 5.41) is 0. The van der Waals surface area contributed by atoms with Crippen LogP contribution in [0.3, 0.4) is 0 Å². The predicted molar refractivity (Wildman–Crippen MR) is 81.6 cm³/mol. The fourth-order valence-electron chi connectivity index (χ4n) is 0.853. The topological polar surface area (TPSA) is 0 Å². The van der Waals surface area contributed by atoms with Crippen LogP contribution in [0.4, 0.5) is 0 Å². The molecular weight excluding hydrogens is 378 g/mol. The van der Waals surface area contributed by atoms with Gasteiger partial charge in [-0.05, 0) is 58.0 Å². The molecule has 0 heterocycles. The Morgan fingerprint density at radius 2 is 1.00 bits per heavy atom. The van der Waals surface area contributed by atoms with Crippen molar-refractivity contribution in [2.75, 3.05) is 58.0 Å². The van der Waals surface area contributed by atoms with Crippen molar-refractivity contribution in [2.24, 2.45) is 0 Å². The van der Waals surface area contributed by atoms with Crippen LogP contribution in [0.1, 0.15) is 0 Å². The molecule has 0 atom stereocenters. The van der Waals surface area contributed by atoms with Crippen molar-refractivity contribution in [3.05, 3.63) is 0 Å². The van der Waals surface area contributed by atoms with Gasteiger partial charge in [0.2, 0.25) is 0 Å². The summed E-state index contributed by atoms with van der Waals surface area (Å²) in [5.41, 5.74) is 0. The molecule has 0 aliphatic rings. The van der Waals surface area contributed by atoms with Crippen LogP contribution >= 0.6 is 42.8 Å². The molecule has 0 nitrogen and oxygen atoms in total. The van der Waals surface area contributed by atoms with Crippen LogP contribution in [0.2, 0.25) is 0 Å². The average molecular weight is 402 g/mol. The van der Waals surface area contributed by atoms with Crippen LogP contribution in [-0.2, 0) is 15.9 Å². The third-order valence-electron chi connectivity index (χ3n) is 1.86. The molecule has 0 saturated carbocycles. The van der Waals surface area contributed by atoms with E-state index in [2.05, 4.69) is 33.3 Å². The first-order chi connectivity index (χ1) is 6.93. The Morgan fingerprint density at radius 1 is 0.733 bits per heavy atom. The van der Waals surface area contributed by atoms with E-state index < -0.39 is 0 Å². The zero-order valence-electron chi connectivity index (χ0n) is 10.2. The molecule has 0 bridgehead atoms. The molecule has 0 aliphatic heterocycles. The Bertz CT molecular complexity index is 114. The van der Waals surface area contributed by atoms with Crippen LogP contribution in [0.25, 0.3) is 0 Å². The van der Waals surface area contributed by atoms with Gasteiger partial charge in [0, 0.05) is 0 Å². The summed E-state index contributed by atoms with van der Waals surface area (Å²) < 4.78 is 0. The van der Waals surface area contributed by atoms with Gasteiger partial charge in [-0.25, -0.2) is 0 Å². The van der Waals surface area contributed by atoms with Crippen LogP contribution in [0, 0.1) is 0 Å². The van der Waals surface area contributed by atoms with Crippen molar-refractivity contribution in [1.29, 1.82) is 0 Å². The molecule has 0 aliphatic carbocycles. The average Bonchev–Trinajstić information content (AvgIpc) is 2.12. The second-order valence-electron chi connectivity index (χ2n) is 3.96. The molecule has 0 rings (SSSR count). The molecule has 0 amide bonds. The third-order valence-corrected chi connectivity index (χ3v) is 6.77. The first kappa shape index (κ1) is 19.9. The van der Waals surface area contributed by atoms with E-state index in [1.807, 2.05) is 0 Å². The van der Waals surface area contributed by atoms with Crippen LogP contribution in [0.15, 0.2) is 0 Å². The van der Waals surface area contributed by atoms with Gasteiger partial charge in [0.05, 0.1) is 0 Å². The minimum absolute atomic E-state index is 0.106. The van der Waals surface area contributed by atoms with E-state index in [0.29, 0.717) is 23.8 Å². The van der Waals surface area contributed by atoms with Gasteiger partial charge in [0.25, 0.3) is 0 Å². The number of hydrogen-bond acceptors (Lipinski definition) is 0. The molecule has 0 aromatic carbocycles. The Kier molecular flexibility index (Phi) is 19.3. The zero-order chi connectivity index (χ0) is 12.3. The molecule has 0 saturated heterocycles. The summed E-state index contributed by atoms with van der Waals surface area (Å²) >= 11 is -0.106. The van der Waals surface area contributed by atoms with E-state index in [9.17, 15) is 0 Å². The van der Waals surface area contributed by atoms with Crippen LogP contribution in [0.5, 0.6) is 0 Å². The van der Waals surface area contributed by atoms with Gasteiger partial charge in [0.15, 0.2) is 0 Å². The molecule has 98 valence electrons. The number of hydrogen-bond donors (Lipinski definition) is 0. The van der Waals surface area contributed by atoms with E-state index in [1.165, 1.54) is 24.6 Å². The van der Waals surface area contributed by atoms with E-state index in [1.54, 1.807) is 0 Å². The standard InChI is InChI=1S/C9H23P3.2ClH.Pd/c1-10(2)6-8-12(5)9-7-11(3)4;;;/h6-9H2,1-5H3;2*1H;/q;;;+2/p-2. The summed E-state index contributed by atoms with van der Waals surface area (Å²) in [4.78, 5) is 0. The molecule has 6 heteroatoms. The Labute approximate surface area is 116 Å². The van der Waals surface area contributed by atoms with Crippen molar-refractivity contribution >= 4 is 42.8 Å². The van der Waals surface area contributed by atoms with Gasteiger partial charge >= 0.3 is 35.0 Å². The molecule has 0 aromatic heterocycles. The number of rotatable bonds is 6. The molecule has 0 unspecified atom stereocenters. The maximum atomic E-state index is 4.81. The summed E-state index contributed by atoms with van der Waals surface area (Å²) in [6.45, 7) is 12.1. The Morgan fingerprint density at radius 3 is 1.20 bits per heavy atom. The Hall–Kier alpha value is 2.53. The molecular formula is C9H23Cl2P3Pd. The van der Waals surface area contributed by atoms with Crippen molar-refractivity contribution in [3.8, 4) is 0 Å². The summed E-state index contributed by atoms with van der Waals surface area (Å²) in [6.07, 6.45) is 6.06. The SMILES string of the molecule is CP(C)CCP(C)CCP(C)C.[Cl][Pd][Cl]. The summed E-state index contributed by atoms with van der Waals surface area (Å²) in [6, 6.07) is 0. The fraction of sp³-hybridized carbons (Fsp3) is 1.00. The van der Waals surface area contributed by atoms with E-state index in [0.717, 1.165) is 0 Å². The van der Waals surface area contributed by atoms with Gasteiger partial charge in [-0.2, -0.15) is 0 Å². The van der Waals surface area contributed by atoms with Crippen LogP contribution < -0.4 is 0 Å². The van der Waals surface area contributed by atoms with Gasteiger partial charge in [-0.15, -0.1) is 23.8 Å². The molecule has 0 fully saturated rings. The normalized spacial score (nSPS) is 11.1. The fourth-order valence-corrected chi connectivity index (χ4v) is 7.01. The first-order valence-corrected chi connectivity index (χ1v) is 15.7. The predicted octanol–water partition coefficient (Wildman–Crippen LogP) is 4.96. The maximum absolute atomic E-state index is 4.81. The van der Waals surface area contributed by atoms with Crippen molar-refractivity contribution in [3.63, 3.8) is 0 Å². The van der Waals surface area contributed by atoms with Gasteiger partial charge < -0.3 is 0 Å². The van der Waals surface area contributed by atoms with Gasteiger partial charge in [-0.3, -0.25) is 0 Å². The minimum atomic E-state index is -0.106. The second kappa shape index (κ2) is 14.6. The molecule has 0 N–H and O–H groups in total. The second-order valence-corrected chi connectivity index (χ2v) is 14.1. The van der Waals surface area contributed by atoms with E-state index in [4.69, 9.17) is 19.1 Å². The van der Waals surface area contributed by atoms with Crippen molar-refractivity contribution in [1.82, 2.24) is 0 Å². The Balaban J connectivity index is 0. The number of halogens is 2. The first-order valence-electron chi connectivity index (χ1n) is 4.74. The quantitative estimate of drug-likeness (QED) is 0.436. The summed E-state index contributed by atoms with van der Waals surface area (Å²) in [5.74, 6) is 0. The van der Waals surface area contributed by atoms with Gasteiger partial charge in [0.1, 0.15) is 0 Å². The zero-order valence-corrected chi connectivity index (χ0v) is 16.0. The molecule has 0 aromatic rings. The van der Waals surface area contributed by atoms with Crippen molar-refractivity contribution < 1.29 is 15.9 Å². The van der Waals surface area contributed by atoms with E-state index in [-0.39, 0.29) is 15.9 Å². The van der Waals surface area contributed by atoms with Crippen LogP contribution in [-0.4, -0.2) is 58.0 Å². The van der Waals surface area contributed by atoms with E-state index >= 15 is 0 Å². The monoisotopic (exact) mass is 400 g/mol. The third kappa shape index (κ3) is 22.2. The summed E-state index contributed by atoms with van der Waals surface area (Å²) in [7, 11) is 10.7. The molecule has 15 heavy (non-hydrogen) atoms. The van der Waals surface area contributed by atoms with Gasteiger partial charge in [-0.1, -0.05) is 0 Å².